The largest absolute Gasteiger partial charge is 0.298 e. The van der Waals surface area contributed by atoms with Crippen LogP contribution in [0.4, 0.5) is 5.13 Å². The van der Waals surface area contributed by atoms with E-state index in [0.717, 1.165) is 15.7 Å². The fraction of sp³-hybridized carbons (Fsp3) is 0.118. The molecule has 0 aliphatic heterocycles. The summed E-state index contributed by atoms with van der Waals surface area (Å²) >= 11 is 4.72. The van der Waals surface area contributed by atoms with Gasteiger partial charge in [0, 0.05) is 27.8 Å². The number of hydrogen-bond donors (Lipinski definition) is 1. The Morgan fingerprint density at radius 1 is 1.22 bits per heavy atom. The van der Waals surface area contributed by atoms with Gasteiger partial charge >= 0.3 is 0 Å². The first-order valence-electron chi connectivity index (χ1n) is 6.98. The molecule has 0 spiro atoms. The minimum Gasteiger partial charge on any atom is -0.298 e. The Bertz CT molecular complexity index is 876. The van der Waals surface area contributed by atoms with Crippen molar-refractivity contribution < 1.29 is 4.79 Å². The molecule has 23 heavy (non-hydrogen) atoms. The van der Waals surface area contributed by atoms with Gasteiger partial charge in [0.25, 0.3) is 5.91 Å². The highest BCUT2D eigenvalue weighted by Crippen LogP contribution is 2.28. The zero-order chi connectivity index (χ0) is 16.4. The molecular formula is C17H14BrN3OS. The quantitative estimate of drug-likeness (QED) is 0.699. The standard InChI is InChI=1S/C17H14BrN3OS/c1-10-3-4-14(11(2)5-10)15-9-23-17(20-15)21-16(22)12-6-13(18)8-19-7-12/h3-9H,1-2H3,(H,20,21,22). The van der Waals surface area contributed by atoms with Crippen LogP contribution in [0, 0.1) is 13.8 Å². The Morgan fingerprint density at radius 3 is 2.78 bits per heavy atom. The third-order valence-corrected chi connectivity index (χ3v) is 4.54. The number of rotatable bonds is 3. The predicted octanol–water partition coefficient (Wildman–Crippen LogP) is 4.84. The van der Waals surface area contributed by atoms with Gasteiger partial charge in [0.15, 0.2) is 5.13 Å². The van der Waals surface area contributed by atoms with Crippen molar-refractivity contribution >= 4 is 38.3 Å². The molecule has 1 amide bonds. The summed E-state index contributed by atoms with van der Waals surface area (Å²) in [6.07, 6.45) is 3.16. The molecule has 0 radical (unpaired) electrons. The highest BCUT2D eigenvalue weighted by Gasteiger charge is 2.11. The summed E-state index contributed by atoms with van der Waals surface area (Å²) in [5, 5.41) is 5.34. The number of thiazole rings is 1. The third-order valence-electron chi connectivity index (χ3n) is 3.35. The van der Waals surface area contributed by atoms with Gasteiger partial charge in [-0.05, 0) is 41.4 Å². The van der Waals surface area contributed by atoms with E-state index < -0.39 is 0 Å². The molecule has 3 aromatic rings. The predicted molar refractivity (Wildman–Crippen MR) is 96.9 cm³/mol. The second kappa shape index (κ2) is 6.60. The van der Waals surface area contributed by atoms with Gasteiger partial charge in [-0.3, -0.25) is 15.1 Å². The lowest BCUT2D eigenvalue weighted by molar-refractivity contribution is 0.102. The molecule has 1 aromatic carbocycles. The monoisotopic (exact) mass is 387 g/mol. The van der Waals surface area contributed by atoms with Gasteiger partial charge < -0.3 is 0 Å². The number of amides is 1. The van der Waals surface area contributed by atoms with Gasteiger partial charge in [-0.2, -0.15) is 0 Å². The molecule has 6 heteroatoms. The average Bonchev–Trinajstić information content (AvgIpc) is 2.95. The molecule has 0 atom stereocenters. The lowest BCUT2D eigenvalue weighted by Crippen LogP contribution is -2.11. The minimum atomic E-state index is -0.222. The second-order valence-corrected chi connectivity index (χ2v) is 6.98. The van der Waals surface area contributed by atoms with E-state index >= 15 is 0 Å². The molecule has 4 nitrogen and oxygen atoms in total. The Hall–Kier alpha value is -2.05. The van der Waals surface area contributed by atoms with E-state index in [9.17, 15) is 4.79 Å². The lowest BCUT2D eigenvalue weighted by atomic mass is 10.0. The number of carbonyl (C=O) groups excluding carboxylic acids is 1. The molecule has 3 rings (SSSR count). The smallest absolute Gasteiger partial charge is 0.259 e. The maximum Gasteiger partial charge on any atom is 0.259 e. The summed E-state index contributed by atoms with van der Waals surface area (Å²) in [6.45, 7) is 4.13. The number of anilines is 1. The van der Waals surface area contributed by atoms with Crippen molar-refractivity contribution in [1.82, 2.24) is 9.97 Å². The summed E-state index contributed by atoms with van der Waals surface area (Å²) in [6, 6.07) is 7.97. The first-order chi connectivity index (χ1) is 11.0. The molecule has 116 valence electrons. The van der Waals surface area contributed by atoms with E-state index in [1.165, 1.54) is 28.7 Å². The van der Waals surface area contributed by atoms with Gasteiger partial charge in [0.2, 0.25) is 0 Å². The molecule has 2 aromatic heterocycles. The van der Waals surface area contributed by atoms with Crippen LogP contribution < -0.4 is 5.32 Å². The highest BCUT2D eigenvalue weighted by atomic mass is 79.9. The van der Waals surface area contributed by atoms with E-state index in [0.29, 0.717) is 10.7 Å². The Morgan fingerprint density at radius 2 is 2.04 bits per heavy atom. The average molecular weight is 388 g/mol. The van der Waals surface area contributed by atoms with Crippen LogP contribution in [0.2, 0.25) is 0 Å². The normalized spacial score (nSPS) is 10.6. The first-order valence-corrected chi connectivity index (χ1v) is 8.65. The molecule has 0 unspecified atom stereocenters. The van der Waals surface area contributed by atoms with Crippen molar-refractivity contribution in [3.63, 3.8) is 0 Å². The van der Waals surface area contributed by atoms with E-state index in [1.54, 1.807) is 12.3 Å². The molecule has 1 N–H and O–H groups in total. The SMILES string of the molecule is Cc1ccc(-c2csc(NC(=O)c3cncc(Br)c3)n2)c(C)c1. The fourth-order valence-electron chi connectivity index (χ4n) is 2.26. The molecule has 2 heterocycles. The number of nitrogens with one attached hydrogen (secondary N) is 1. The second-order valence-electron chi connectivity index (χ2n) is 5.20. The first kappa shape index (κ1) is 15.8. The zero-order valence-electron chi connectivity index (χ0n) is 12.6. The summed E-state index contributed by atoms with van der Waals surface area (Å²) in [5.41, 5.74) is 4.83. The van der Waals surface area contributed by atoms with Gasteiger partial charge in [-0.1, -0.05) is 23.8 Å². The maximum absolute atomic E-state index is 12.2. The van der Waals surface area contributed by atoms with Crippen molar-refractivity contribution in [2.45, 2.75) is 13.8 Å². The van der Waals surface area contributed by atoms with Crippen LogP contribution in [0.5, 0.6) is 0 Å². The van der Waals surface area contributed by atoms with E-state index in [2.05, 4.69) is 63.3 Å². The summed E-state index contributed by atoms with van der Waals surface area (Å²) in [7, 11) is 0. The number of nitrogens with zero attached hydrogens (tertiary/aromatic N) is 2. The van der Waals surface area contributed by atoms with E-state index in [1.807, 2.05) is 5.38 Å². The number of carbonyl (C=O) groups is 1. The lowest BCUT2D eigenvalue weighted by Gasteiger charge is -2.04. The van der Waals surface area contributed by atoms with Crippen molar-refractivity contribution in [2.24, 2.45) is 0 Å². The molecule has 0 aliphatic rings. The van der Waals surface area contributed by atoms with Crippen LogP contribution in [0.3, 0.4) is 0 Å². The van der Waals surface area contributed by atoms with Crippen LogP contribution in [-0.4, -0.2) is 15.9 Å². The van der Waals surface area contributed by atoms with Crippen LogP contribution in [0.1, 0.15) is 21.5 Å². The molecule has 0 saturated heterocycles. The minimum absolute atomic E-state index is 0.222. The van der Waals surface area contributed by atoms with Crippen LogP contribution in [-0.2, 0) is 0 Å². The van der Waals surface area contributed by atoms with Gasteiger partial charge in [-0.25, -0.2) is 4.98 Å². The number of pyridine rings is 1. The van der Waals surface area contributed by atoms with Crippen LogP contribution in [0.15, 0.2) is 46.5 Å². The molecule has 0 saturated carbocycles. The number of halogens is 1. The Balaban J connectivity index is 1.81. The Kier molecular flexibility index (Phi) is 4.54. The highest BCUT2D eigenvalue weighted by molar-refractivity contribution is 9.10. The van der Waals surface area contributed by atoms with Crippen LogP contribution >= 0.6 is 27.3 Å². The maximum atomic E-state index is 12.2. The van der Waals surface area contributed by atoms with Gasteiger partial charge in [0.05, 0.1) is 11.3 Å². The van der Waals surface area contributed by atoms with Gasteiger partial charge in [0.1, 0.15) is 0 Å². The topological polar surface area (TPSA) is 54.9 Å². The Labute approximate surface area is 146 Å². The van der Waals surface area contributed by atoms with E-state index in [-0.39, 0.29) is 5.91 Å². The zero-order valence-corrected chi connectivity index (χ0v) is 15.0. The molecular weight excluding hydrogens is 374 g/mol. The number of benzene rings is 1. The summed E-state index contributed by atoms with van der Waals surface area (Å²) < 4.78 is 0.764. The van der Waals surface area contributed by atoms with E-state index in [4.69, 9.17) is 0 Å². The van der Waals surface area contributed by atoms with Gasteiger partial charge in [-0.15, -0.1) is 11.3 Å². The molecule has 0 aliphatic carbocycles. The number of hydrogen-bond acceptors (Lipinski definition) is 4. The van der Waals surface area contributed by atoms with Crippen molar-refractivity contribution in [3.8, 4) is 11.3 Å². The molecule has 0 fully saturated rings. The molecule has 0 bridgehead atoms. The summed E-state index contributed by atoms with van der Waals surface area (Å²) in [4.78, 5) is 20.7. The van der Waals surface area contributed by atoms with Crippen molar-refractivity contribution in [3.05, 3.63) is 63.2 Å². The summed E-state index contributed by atoms with van der Waals surface area (Å²) in [5.74, 6) is -0.222. The fourth-order valence-corrected chi connectivity index (χ4v) is 3.33. The van der Waals surface area contributed by atoms with Crippen molar-refractivity contribution in [1.29, 1.82) is 0 Å². The van der Waals surface area contributed by atoms with Crippen molar-refractivity contribution in [2.75, 3.05) is 5.32 Å². The number of aryl methyl sites for hydroxylation is 2. The number of aromatic nitrogens is 2. The third kappa shape index (κ3) is 3.65. The van der Waals surface area contributed by atoms with Crippen LogP contribution in [0.25, 0.3) is 11.3 Å².